The Morgan fingerprint density at radius 1 is 1.19 bits per heavy atom. The quantitative estimate of drug-likeness (QED) is 0.199. The van der Waals surface area contributed by atoms with Crippen LogP contribution in [0.25, 0.3) is 21.5 Å². The number of amides is 2. The minimum absolute atomic E-state index is 0.0118. The molecule has 0 spiro atoms. The van der Waals surface area contributed by atoms with E-state index in [4.69, 9.17) is 6.42 Å². The van der Waals surface area contributed by atoms with E-state index in [-0.39, 0.29) is 22.2 Å². The van der Waals surface area contributed by atoms with Gasteiger partial charge in [0.2, 0.25) is 5.91 Å². The van der Waals surface area contributed by atoms with Gasteiger partial charge < -0.3 is 9.88 Å². The number of carbonyl (C=O) groups is 2. The normalized spacial score (nSPS) is 11.8. The number of terminal acetylenes is 1. The Bertz CT molecular complexity index is 1730. The summed E-state index contributed by atoms with van der Waals surface area (Å²) >= 11 is 2.10. The molecule has 4 aromatic rings. The van der Waals surface area contributed by atoms with Crippen LogP contribution in [0.15, 0.2) is 58.9 Å². The number of carbonyl (C=O) groups excluding carboxylic acids is 2. The number of thiazole rings is 2. The van der Waals surface area contributed by atoms with Crippen molar-refractivity contribution < 1.29 is 22.9 Å². The number of hydrogen-bond donors (Lipinski definition) is 1. The van der Waals surface area contributed by atoms with E-state index in [0.717, 1.165) is 28.2 Å². The third-order valence-electron chi connectivity index (χ3n) is 4.86. The molecule has 14 heteroatoms. The van der Waals surface area contributed by atoms with Gasteiger partial charge in [0.1, 0.15) is 11.5 Å². The molecule has 0 fully saturated rings. The van der Waals surface area contributed by atoms with Crippen molar-refractivity contribution in [3.05, 3.63) is 68.8 Å². The number of sulfone groups is 1. The SMILES string of the molecule is C#CCn1c(=NC(=O)CS(=O)(=O)CC(=O)Nc2nc(-c3ccccc3)cs2)sc2cc([N+](=O)[O-])ccc21. The summed E-state index contributed by atoms with van der Waals surface area (Å²) in [7, 11) is -4.15. The van der Waals surface area contributed by atoms with Crippen LogP contribution in [0, 0.1) is 22.5 Å². The molecule has 0 saturated heterocycles. The first-order valence-electron chi connectivity index (χ1n) is 10.5. The fourth-order valence-electron chi connectivity index (χ4n) is 3.31. The summed E-state index contributed by atoms with van der Waals surface area (Å²) in [4.78, 5) is 43.5. The second kappa shape index (κ2) is 10.8. The molecule has 37 heavy (non-hydrogen) atoms. The first kappa shape index (κ1) is 25.9. The molecule has 2 aromatic carbocycles. The summed E-state index contributed by atoms with van der Waals surface area (Å²) in [6.07, 6.45) is 5.40. The maximum Gasteiger partial charge on any atom is 0.270 e. The first-order chi connectivity index (χ1) is 17.6. The minimum Gasteiger partial charge on any atom is -0.305 e. The molecule has 0 saturated carbocycles. The van der Waals surface area contributed by atoms with Crippen LogP contribution in [0.2, 0.25) is 0 Å². The van der Waals surface area contributed by atoms with Gasteiger partial charge >= 0.3 is 0 Å². The second-order valence-electron chi connectivity index (χ2n) is 7.57. The molecule has 2 heterocycles. The fourth-order valence-corrected chi connectivity index (χ4v) is 6.14. The average Bonchev–Trinajstić information content (AvgIpc) is 3.43. The van der Waals surface area contributed by atoms with Crippen molar-refractivity contribution in [2.24, 2.45) is 4.99 Å². The molecule has 188 valence electrons. The molecule has 4 rings (SSSR count). The van der Waals surface area contributed by atoms with Gasteiger partial charge in [-0.3, -0.25) is 19.7 Å². The van der Waals surface area contributed by atoms with Gasteiger partial charge in [-0.1, -0.05) is 47.6 Å². The molecular weight excluding hydrogens is 538 g/mol. The van der Waals surface area contributed by atoms with Crippen molar-refractivity contribution in [1.82, 2.24) is 9.55 Å². The van der Waals surface area contributed by atoms with Gasteiger partial charge in [-0.15, -0.1) is 17.8 Å². The third kappa shape index (κ3) is 6.33. The summed E-state index contributed by atoms with van der Waals surface area (Å²) < 4.78 is 26.9. The predicted octanol–water partition coefficient (Wildman–Crippen LogP) is 2.85. The van der Waals surface area contributed by atoms with Crippen LogP contribution in [0.1, 0.15) is 0 Å². The van der Waals surface area contributed by atoms with Crippen molar-refractivity contribution >= 4 is 65.4 Å². The second-order valence-corrected chi connectivity index (χ2v) is 11.5. The maximum atomic E-state index is 12.5. The summed E-state index contributed by atoms with van der Waals surface area (Å²) in [5.41, 5.74) is 1.84. The number of aromatic nitrogens is 2. The van der Waals surface area contributed by atoms with Crippen LogP contribution in [0.3, 0.4) is 0 Å². The van der Waals surface area contributed by atoms with Crippen LogP contribution in [0.5, 0.6) is 0 Å². The number of nitrogens with one attached hydrogen (secondary N) is 1. The fraction of sp³-hybridized carbons (Fsp3) is 0.130. The van der Waals surface area contributed by atoms with Crippen molar-refractivity contribution in [3.8, 4) is 23.6 Å². The maximum absolute atomic E-state index is 12.5. The molecule has 0 aliphatic rings. The molecular formula is C23H17N5O6S3. The lowest BCUT2D eigenvalue weighted by atomic mass is 10.2. The lowest BCUT2D eigenvalue weighted by Crippen LogP contribution is -2.28. The van der Waals surface area contributed by atoms with E-state index in [1.165, 1.54) is 22.8 Å². The van der Waals surface area contributed by atoms with Gasteiger partial charge in [0.05, 0.1) is 27.4 Å². The summed E-state index contributed by atoms with van der Waals surface area (Å²) in [6, 6.07) is 13.3. The minimum atomic E-state index is -4.15. The molecule has 1 N–H and O–H groups in total. The van der Waals surface area contributed by atoms with Gasteiger partial charge in [-0.25, -0.2) is 13.4 Å². The van der Waals surface area contributed by atoms with Gasteiger partial charge in [-0.2, -0.15) is 4.99 Å². The molecule has 0 radical (unpaired) electrons. The summed E-state index contributed by atoms with van der Waals surface area (Å²) in [5, 5.41) is 15.5. The van der Waals surface area contributed by atoms with E-state index < -0.39 is 38.1 Å². The highest BCUT2D eigenvalue weighted by Gasteiger charge is 2.22. The van der Waals surface area contributed by atoms with E-state index in [0.29, 0.717) is 15.9 Å². The highest BCUT2D eigenvalue weighted by molar-refractivity contribution is 7.92. The van der Waals surface area contributed by atoms with Crippen molar-refractivity contribution in [2.45, 2.75) is 6.54 Å². The van der Waals surface area contributed by atoms with Gasteiger partial charge in [0.25, 0.3) is 11.6 Å². The Hall–Kier alpha value is -4.19. The van der Waals surface area contributed by atoms with Crippen LogP contribution in [0.4, 0.5) is 10.8 Å². The Morgan fingerprint density at radius 2 is 1.95 bits per heavy atom. The van der Waals surface area contributed by atoms with Crippen LogP contribution in [-0.2, 0) is 26.0 Å². The highest BCUT2D eigenvalue weighted by atomic mass is 32.2. The molecule has 11 nitrogen and oxygen atoms in total. The number of hydrogen-bond acceptors (Lipinski definition) is 9. The molecule has 0 unspecified atom stereocenters. The average molecular weight is 556 g/mol. The van der Waals surface area contributed by atoms with Crippen LogP contribution in [-0.4, -0.2) is 46.2 Å². The van der Waals surface area contributed by atoms with Gasteiger partial charge in [0, 0.05) is 23.1 Å². The standard InChI is InChI=1S/C23H17N5O6S3/c1-2-10-27-18-9-8-16(28(31)32)11-19(18)36-23(27)26-21(30)14-37(33,34)13-20(29)25-22-24-17(12-35-22)15-6-4-3-5-7-15/h1,3-9,11-12H,10,13-14H2,(H,24,25,29). The molecule has 0 aliphatic heterocycles. The van der Waals surface area contributed by atoms with E-state index in [2.05, 4.69) is 21.2 Å². The van der Waals surface area contributed by atoms with Gasteiger partial charge in [-0.05, 0) is 6.07 Å². The van der Waals surface area contributed by atoms with Crippen LogP contribution < -0.4 is 10.1 Å². The number of benzene rings is 2. The lowest BCUT2D eigenvalue weighted by molar-refractivity contribution is -0.384. The molecule has 0 aliphatic carbocycles. The smallest absolute Gasteiger partial charge is 0.270 e. The Kier molecular flexibility index (Phi) is 7.58. The zero-order valence-electron chi connectivity index (χ0n) is 18.9. The summed E-state index contributed by atoms with van der Waals surface area (Å²) in [6.45, 7) is 0.0118. The highest BCUT2D eigenvalue weighted by Crippen LogP contribution is 2.25. The van der Waals surface area contributed by atoms with Crippen molar-refractivity contribution in [3.63, 3.8) is 0 Å². The number of nitro benzene ring substituents is 1. The molecule has 2 amide bonds. The lowest BCUT2D eigenvalue weighted by Gasteiger charge is -2.03. The molecule has 0 atom stereocenters. The first-order valence-corrected chi connectivity index (χ1v) is 14.0. The number of fused-ring (bicyclic) bond motifs is 1. The van der Waals surface area contributed by atoms with E-state index in [1.54, 1.807) is 5.38 Å². The largest absolute Gasteiger partial charge is 0.305 e. The van der Waals surface area contributed by atoms with Gasteiger partial charge in [0.15, 0.2) is 19.8 Å². The van der Waals surface area contributed by atoms with E-state index in [1.807, 2.05) is 30.3 Å². The monoisotopic (exact) mass is 555 g/mol. The Labute approximate surface area is 218 Å². The molecule has 0 bridgehead atoms. The topological polar surface area (TPSA) is 154 Å². The number of non-ortho nitro benzene ring substituents is 1. The number of nitrogens with zero attached hydrogens (tertiary/aromatic N) is 4. The van der Waals surface area contributed by atoms with Crippen molar-refractivity contribution in [2.75, 3.05) is 16.8 Å². The number of nitro groups is 1. The zero-order chi connectivity index (χ0) is 26.6. The zero-order valence-corrected chi connectivity index (χ0v) is 21.3. The molecule has 2 aromatic heterocycles. The van der Waals surface area contributed by atoms with E-state index >= 15 is 0 Å². The number of anilines is 1. The summed E-state index contributed by atoms with van der Waals surface area (Å²) in [5.74, 6) is -1.36. The number of rotatable bonds is 8. The Morgan fingerprint density at radius 3 is 2.65 bits per heavy atom. The third-order valence-corrected chi connectivity index (χ3v) is 8.05. The van der Waals surface area contributed by atoms with Crippen molar-refractivity contribution in [1.29, 1.82) is 0 Å². The predicted molar refractivity (Wildman–Crippen MR) is 141 cm³/mol. The van der Waals surface area contributed by atoms with E-state index in [9.17, 15) is 28.1 Å². The van der Waals surface area contributed by atoms with Crippen LogP contribution >= 0.6 is 22.7 Å². The Balaban J connectivity index is 1.47.